The highest BCUT2D eigenvalue weighted by Crippen LogP contribution is 2.23. The lowest BCUT2D eigenvalue weighted by Gasteiger charge is -2.00. The van der Waals surface area contributed by atoms with Crippen LogP contribution in [0.25, 0.3) is 16.7 Å². The maximum absolute atomic E-state index is 11.2. The molecule has 0 saturated carbocycles. The highest BCUT2D eigenvalue weighted by Gasteiger charge is 2.10. The van der Waals surface area contributed by atoms with Gasteiger partial charge in [0.1, 0.15) is 11.3 Å². The molecule has 0 spiro atoms. The van der Waals surface area contributed by atoms with Crippen LogP contribution in [0.15, 0.2) is 47.1 Å². The third-order valence-electron chi connectivity index (χ3n) is 2.83. The van der Waals surface area contributed by atoms with E-state index in [9.17, 15) is 4.79 Å². The van der Waals surface area contributed by atoms with Gasteiger partial charge in [0.15, 0.2) is 11.9 Å². The molecule has 22 heavy (non-hydrogen) atoms. The second-order valence-electron chi connectivity index (χ2n) is 4.35. The Labute approximate surface area is 135 Å². The molecular formula is C15H9Cl2N3O2. The number of pyridine rings is 1. The van der Waals surface area contributed by atoms with Gasteiger partial charge in [-0.15, -0.1) is 0 Å². The molecule has 0 aliphatic carbocycles. The highest BCUT2D eigenvalue weighted by atomic mass is 35.5. The van der Waals surface area contributed by atoms with Crippen LogP contribution in [0.5, 0.6) is 0 Å². The van der Waals surface area contributed by atoms with Crippen LogP contribution in [0.4, 0.5) is 5.82 Å². The Hall–Kier alpha value is -2.37. The van der Waals surface area contributed by atoms with Crippen LogP contribution in [0, 0.1) is 0 Å². The lowest BCUT2D eigenvalue weighted by molar-refractivity contribution is -0.103. The molecule has 0 saturated heterocycles. The fourth-order valence-electron chi connectivity index (χ4n) is 1.78. The molecule has 2 heterocycles. The molecule has 0 aliphatic rings. The molecule has 0 bridgehead atoms. The standard InChI is InChI=1S/C15H9Cl2N3O2/c16-10-1-3-13-12(5-10)20-15(22-13)9(8-21)6-18-14-4-2-11(17)7-19-14/h1-8H,(H,18,19)/b9-6-. The van der Waals surface area contributed by atoms with E-state index in [4.69, 9.17) is 27.6 Å². The molecule has 1 aromatic carbocycles. The van der Waals surface area contributed by atoms with Crippen LogP contribution in [0.2, 0.25) is 10.0 Å². The summed E-state index contributed by atoms with van der Waals surface area (Å²) in [5.74, 6) is 0.747. The zero-order valence-corrected chi connectivity index (χ0v) is 12.6. The number of carbonyl (C=O) groups is 1. The fourth-order valence-corrected chi connectivity index (χ4v) is 2.06. The smallest absolute Gasteiger partial charge is 0.232 e. The Morgan fingerprint density at radius 3 is 2.73 bits per heavy atom. The van der Waals surface area contributed by atoms with Crippen LogP contribution in [-0.2, 0) is 4.79 Å². The number of aldehydes is 1. The van der Waals surface area contributed by atoms with Crippen molar-refractivity contribution in [3.05, 3.63) is 58.7 Å². The Kier molecular flexibility index (Phi) is 4.09. The molecule has 0 atom stereocenters. The number of aromatic nitrogens is 2. The van der Waals surface area contributed by atoms with E-state index in [1.165, 1.54) is 12.4 Å². The summed E-state index contributed by atoms with van der Waals surface area (Å²) in [5.41, 5.74) is 1.39. The first kappa shape index (κ1) is 14.6. The number of hydrogen-bond acceptors (Lipinski definition) is 5. The SMILES string of the molecule is O=C/C(=C/Nc1ccc(Cl)cn1)c1nc2cc(Cl)ccc2o1. The molecular weight excluding hydrogens is 325 g/mol. The van der Waals surface area contributed by atoms with Gasteiger partial charge in [-0.2, -0.15) is 0 Å². The zero-order chi connectivity index (χ0) is 15.5. The maximum atomic E-state index is 11.2. The number of rotatable bonds is 4. The predicted molar refractivity (Wildman–Crippen MR) is 85.9 cm³/mol. The number of carbonyl (C=O) groups excluding carboxylic acids is 1. The molecule has 3 rings (SSSR count). The van der Waals surface area contributed by atoms with Crippen LogP contribution in [0.1, 0.15) is 5.89 Å². The minimum Gasteiger partial charge on any atom is -0.436 e. The summed E-state index contributed by atoms with van der Waals surface area (Å²) >= 11 is 11.7. The Morgan fingerprint density at radius 2 is 2.00 bits per heavy atom. The minimum atomic E-state index is 0.203. The van der Waals surface area contributed by atoms with Crippen molar-refractivity contribution in [2.24, 2.45) is 0 Å². The maximum Gasteiger partial charge on any atom is 0.232 e. The minimum absolute atomic E-state index is 0.203. The summed E-state index contributed by atoms with van der Waals surface area (Å²) in [6.45, 7) is 0. The number of benzene rings is 1. The van der Waals surface area contributed by atoms with Crippen LogP contribution >= 0.6 is 23.2 Å². The second kappa shape index (κ2) is 6.17. The predicted octanol–water partition coefficient (Wildman–Crippen LogP) is 4.18. The van der Waals surface area contributed by atoms with Crippen molar-refractivity contribution in [1.82, 2.24) is 9.97 Å². The van der Waals surface area contributed by atoms with Gasteiger partial charge in [0.2, 0.25) is 5.89 Å². The number of anilines is 1. The molecule has 110 valence electrons. The van der Waals surface area contributed by atoms with Crippen molar-refractivity contribution in [3.8, 4) is 0 Å². The van der Waals surface area contributed by atoms with Gasteiger partial charge in [0.05, 0.1) is 10.6 Å². The van der Waals surface area contributed by atoms with Gasteiger partial charge in [0, 0.05) is 17.4 Å². The molecule has 7 heteroatoms. The van der Waals surface area contributed by atoms with Gasteiger partial charge >= 0.3 is 0 Å². The number of nitrogens with one attached hydrogen (secondary N) is 1. The van der Waals surface area contributed by atoms with Gasteiger partial charge in [-0.05, 0) is 30.3 Å². The number of nitrogens with zero attached hydrogens (tertiary/aromatic N) is 2. The lowest BCUT2D eigenvalue weighted by atomic mass is 10.3. The first-order chi connectivity index (χ1) is 10.7. The number of allylic oxidation sites excluding steroid dienone is 1. The van der Waals surface area contributed by atoms with E-state index in [0.29, 0.717) is 33.2 Å². The molecule has 2 aromatic heterocycles. The van der Waals surface area contributed by atoms with E-state index >= 15 is 0 Å². The van der Waals surface area contributed by atoms with Crippen LogP contribution < -0.4 is 5.32 Å². The summed E-state index contributed by atoms with van der Waals surface area (Å²) in [6.07, 6.45) is 3.62. The van der Waals surface area contributed by atoms with Gasteiger partial charge in [-0.3, -0.25) is 4.79 Å². The zero-order valence-electron chi connectivity index (χ0n) is 11.1. The van der Waals surface area contributed by atoms with Crippen LogP contribution in [0.3, 0.4) is 0 Å². The molecule has 0 amide bonds. The van der Waals surface area contributed by atoms with Crippen molar-refractivity contribution in [3.63, 3.8) is 0 Å². The summed E-state index contributed by atoms with van der Waals surface area (Å²) in [4.78, 5) is 19.5. The third-order valence-corrected chi connectivity index (χ3v) is 3.29. The fraction of sp³-hybridized carbons (Fsp3) is 0. The molecule has 0 fully saturated rings. The van der Waals surface area contributed by atoms with E-state index < -0.39 is 0 Å². The quantitative estimate of drug-likeness (QED) is 0.573. The van der Waals surface area contributed by atoms with E-state index in [0.717, 1.165) is 0 Å². The average Bonchev–Trinajstić information content (AvgIpc) is 2.92. The molecule has 3 aromatic rings. The van der Waals surface area contributed by atoms with Gasteiger partial charge in [-0.25, -0.2) is 9.97 Å². The first-order valence-corrected chi connectivity index (χ1v) is 7.01. The summed E-state index contributed by atoms with van der Waals surface area (Å²) < 4.78 is 5.53. The Balaban J connectivity index is 1.89. The lowest BCUT2D eigenvalue weighted by Crippen LogP contribution is -1.95. The molecule has 0 aliphatic heterocycles. The van der Waals surface area contributed by atoms with Crippen molar-refractivity contribution >= 4 is 52.0 Å². The normalized spacial score (nSPS) is 11.6. The summed E-state index contributed by atoms with van der Waals surface area (Å²) in [5, 5.41) is 3.97. The molecule has 1 N–H and O–H groups in total. The van der Waals surface area contributed by atoms with Crippen molar-refractivity contribution < 1.29 is 9.21 Å². The van der Waals surface area contributed by atoms with Crippen molar-refractivity contribution in [2.45, 2.75) is 0 Å². The van der Waals surface area contributed by atoms with E-state index in [1.54, 1.807) is 30.3 Å². The number of fused-ring (bicyclic) bond motifs is 1. The topological polar surface area (TPSA) is 68.0 Å². The van der Waals surface area contributed by atoms with Gasteiger partial charge in [0.25, 0.3) is 0 Å². The van der Waals surface area contributed by atoms with Gasteiger partial charge in [-0.1, -0.05) is 23.2 Å². The number of halogens is 2. The monoisotopic (exact) mass is 333 g/mol. The summed E-state index contributed by atoms with van der Waals surface area (Å²) in [6, 6.07) is 8.43. The molecule has 0 radical (unpaired) electrons. The van der Waals surface area contributed by atoms with E-state index in [1.807, 2.05) is 0 Å². The highest BCUT2D eigenvalue weighted by molar-refractivity contribution is 6.31. The number of hydrogen-bond donors (Lipinski definition) is 1. The third kappa shape index (κ3) is 3.10. The van der Waals surface area contributed by atoms with Crippen LogP contribution in [-0.4, -0.2) is 16.3 Å². The van der Waals surface area contributed by atoms with Crippen molar-refractivity contribution in [1.29, 1.82) is 0 Å². The van der Waals surface area contributed by atoms with E-state index in [-0.39, 0.29) is 11.5 Å². The first-order valence-electron chi connectivity index (χ1n) is 6.25. The Morgan fingerprint density at radius 1 is 1.18 bits per heavy atom. The largest absolute Gasteiger partial charge is 0.436 e. The van der Waals surface area contributed by atoms with E-state index in [2.05, 4.69) is 15.3 Å². The second-order valence-corrected chi connectivity index (χ2v) is 5.23. The van der Waals surface area contributed by atoms with Gasteiger partial charge < -0.3 is 9.73 Å². The Bertz CT molecular complexity index is 857. The summed E-state index contributed by atoms with van der Waals surface area (Å²) in [7, 11) is 0. The van der Waals surface area contributed by atoms with Crippen molar-refractivity contribution in [2.75, 3.05) is 5.32 Å². The average molecular weight is 334 g/mol. The number of oxazole rings is 1. The molecule has 0 unspecified atom stereocenters. The molecule has 5 nitrogen and oxygen atoms in total.